The first-order valence-electron chi connectivity index (χ1n) is 11.9. The van der Waals surface area contributed by atoms with Gasteiger partial charge in [0, 0.05) is 21.3 Å². The summed E-state index contributed by atoms with van der Waals surface area (Å²) in [4.78, 5) is 17.4. The molecule has 0 radical (unpaired) electrons. The number of anilines is 1. The number of benzene rings is 3. The lowest BCUT2D eigenvalue weighted by atomic mass is 9.94. The van der Waals surface area contributed by atoms with Gasteiger partial charge in [-0.15, -0.1) is 0 Å². The van der Waals surface area contributed by atoms with E-state index in [1.54, 1.807) is 31.2 Å². The highest BCUT2D eigenvalue weighted by atomic mass is 35.5. The highest BCUT2D eigenvalue weighted by Gasteiger charge is 2.52. The molecule has 0 unspecified atom stereocenters. The number of sulfone groups is 1. The Balaban J connectivity index is 1.33. The van der Waals surface area contributed by atoms with E-state index in [9.17, 15) is 17.6 Å². The Morgan fingerprint density at radius 1 is 1.03 bits per heavy atom. The summed E-state index contributed by atoms with van der Waals surface area (Å²) in [7, 11) is -3.31. The molecule has 1 N–H and O–H groups in total. The zero-order valence-corrected chi connectivity index (χ0v) is 23.6. The Labute approximate surface area is 239 Å². The van der Waals surface area contributed by atoms with E-state index in [4.69, 9.17) is 39.3 Å². The number of halogens is 4. The van der Waals surface area contributed by atoms with Crippen molar-refractivity contribution in [2.45, 2.75) is 36.5 Å². The van der Waals surface area contributed by atoms with Crippen LogP contribution < -0.4 is 5.32 Å². The summed E-state index contributed by atoms with van der Waals surface area (Å²) in [6, 6.07) is 13.3. The second-order valence-corrected chi connectivity index (χ2v) is 12.7. The highest BCUT2D eigenvalue weighted by molar-refractivity contribution is 7.91. The van der Waals surface area contributed by atoms with E-state index in [-0.39, 0.29) is 33.9 Å². The number of amides is 1. The van der Waals surface area contributed by atoms with Crippen molar-refractivity contribution < 1.29 is 22.1 Å². The maximum atomic E-state index is 13.4. The quantitative estimate of drug-likeness (QED) is 0.234. The molecule has 12 heteroatoms. The first-order chi connectivity index (χ1) is 18.5. The zero-order valence-electron chi connectivity index (χ0n) is 20.5. The number of carbonyl (C=O) groups is 1. The van der Waals surface area contributed by atoms with Crippen LogP contribution in [0.1, 0.15) is 36.7 Å². The van der Waals surface area contributed by atoms with Gasteiger partial charge in [-0.05, 0) is 60.9 Å². The molecule has 0 saturated heterocycles. The SMILES string of the molecule is CCS(=O)(=O)c1ccc(CC(=O)Nc2cc(Cl)c(C3(c4noc(-c5ccc(F)cc5Cl)n4)CC3)c(Cl)c2)cc1. The van der Waals surface area contributed by atoms with Gasteiger partial charge in [-0.1, -0.05) is 59.0 Å². The van der Waals surface area contributed by atoms with Crippen LogP contribution in [-0.4, -0.2) is 30.2 Å². The van der Waals surface area contributed by atoms with Crippen LogP contribution in [0.4, 0.5) is 10.1 Å². The molecule has 1 aliphatic carbocycles. The maximum Gasteiger partial charge on any atom is 0.259 e. The first kappa shape index (κ1) is 27.6. The average Bonchev–Trinajstić information content (AvgIpc) is 3.51. The summed E-state index contributed by atoms with van der Waals surface area (Å²) < 4.78 is 42.8. The zero-order chi connectivity index (χ0) is 27.9. The number of hydrogen-bond donors (Lipinski definition) is 1. The van der Waals surface area contributed by atoms with Gasteiger partial charge in [-0.25, -0.2) is 12.8 Å². The van der Waals surface area contributed by atoms with Crippen molar-refractivity contribution in [2.24, 2.45) is 0 Å². The molecular weight excluding hydrogens is 588 g/mol. The Kier molecular flexibility index (Phi) is 7.45. The van der Waals surface area contributed by atoms with Crippen LogP contribution in [0.3, 0.4) is 0 Å². The summed E-state index contributed by atoms with van der Waals surface area (Å²) in [5.74, 6) is -0.263. The summed E-state index contributed by atoms with van der Waals surface area (Å²) in [6.07, 6.45) is 1.39. The minimum atomic E-state index is -3.31. The molecule has 4 aromatic rings. The topological polar surface area (TPSA) is 102 Å². The predicted octanol–water partition coefficient (Wildman–Crippen LogP) is 6.89. The van der Waals surface area contributed by atoms with E-state index in [1.807, 2.05) is 0 Å². The van der Waals surface area contributed by atoms with Crippen LogP contribution in [0.15, 0.2) is 64.0 Å². The average molecular weight is 609 g/mol. The van der Waals surface area contributed by atoms with Gasteiger partial charge in [0.1, 0.15) is 5.82 Å². The van der Waals surface area contributed by atoms with Crippen molar-refractivity contribution in [1.82, 2.24) is 10.1 Å². The molecule has 1 aromatic heterocycles. The summed E-state index contributed by atoms with van der Waals surface area (Å²) >= 11 is 19.4. The normalized spacial score (nSPS) is 14.3. The van der Waals surface area contributed by atoms with E-state index in [2.05, 4.69) is 15.5 Å². The van der Waals surface area contributed by atoms with Crippen molar-refractivity contribution in [3.8, 4) is 11.5 Å². The van der Waals surface area contributed by atoms with E-state index < -0.39 is 21.1 Å². The van der Waals surface area contributed by atoms with E-state index in [0.717, 1.165) is 0 Å². The van der Waals surface area contributed by atoms with Crippen molar-refractivity contribution in [2.75, 3.05) is 11.1 Å². The second-order valence-electron chi connectivity index (χ2n) is 9.22. The third-order valence-electron chi connectivity index (χ3n) is 6.60. The fourth-order valence-electron chi connectivity index (χ4n) is 4.37. The highest BCUT2D eigenvalue weighted by Crippen LogP contribution is 2.57. The predicted molar refractivity (Wildman–Crippen MR) is 148 cm³/mol. The van der Waals surface area contributed by atoms with Gasteiger partial charge in [-0.3, -0.25) is 4.79 Å². The standard InChI is InChI=1S/C27H21Cl3FN3O4S/c1-2-39(36,37)18-6-3-15(4-7-18)11-23(35)32-17-13-21(29)24(22(30)14-17)27(9-10-27)26-33-25(38-34-26)19-8-5-16(31)12-20(19)28/h3-8,12-14H,2,9-11H2,1H3,(H,32,35). The molecule has 1 heterocycles. The van der Waals surface area contributed by atoms with Gasteiger partial charge in [0.2, 0.25) is 5.91 Å². The van der Waals surface area contributed by atoms with Gasteiger partial charge < -0.3 is 9.84 Å². The Morgan fingerprint density at radius 3 is 2.28 bits per heavy atom. The van der Waals surface area contributed by atoms with Crippen molar-refractivity contribution in [3.05, 3.63) is 92.4 Å². The minimum absolute atomic E-state index is 0.00210. The van der Waals surface area contributed by atoms with Crippen LogP contribution in [0.25, 0.3) is 11.5 Å². The van der Waals surface area contributed by atoms with Crippen LogP contribution in [-0.2, 0) is 26.5 Å². The molecule has 39 heavy (non-hydrogen) atoms. The maximum absolute atomic E-state index is 13.4. The molecule has 1 fully saturated rings. The molecule has 1 aliphatic rings. The van der Waals surface area contributed by atoms with E-state index >= 15 is 0 Å². The monoisotopic (exact) mass is 607 g/mol. The van der Waals surface area contributed by atoms with Crippen LogP contribution in [0, 0.1) is 5.82 Å². The summed E-state index contributed by atoms with van der Waals surface area (Å²) in [6.45, 7) is 1.58. The lowest BCUT2D eigenvalue weighted by Gasteiger charge is -2.17. The molecule has 3 aromatic carbocycles. The number of hydrogen-bond acceptors (Lipinski definition) is 6. The molecule has 0 spiro atoms. The largest absolute Gasteiger partial charge is 0.334 e. The first-order valence-corrected chi connectivity index (χ1v) is 14.7. The fourth-order valence-corrected chi connectivity index (χ4v) is 6.36. The Bertz CT molecular complexity index is 1660. The van der Waals surface area contributed by atoms with Gasteiger partial charge in [-0.2, -0.15) is 4.98 Å². The molecule has 5 rings (SSSR count). The molecular formula is C27H21Cl3FN3O4S. The number of nitrogens with one attached hydrogen (secondary N) is 1. The molecule has 7 nitrogen and oxygen atoms in total. The van der Waals surface area contributed by atoms with Crippen molar-refractivity contribution in [1.29, 1.82) is 0 Å². The third-order valence-corrected chi connectivity index (χ3v) is 9.26. The molecule has 0 bridgehead atoms. The summed E-state index contributed by atoms with van der Waals surface area (Å²) in [5.41, 5.74) is 1.43. The second kappa shape index (κ2) is 10.5. The molecule has 202 valence electrons. The van der Waals surface area contributed by atoms with Crippen molar-refractivity contribution in [3.63, 3.8) is 0 Å². The number of aromatic nitrogens is 2. The fraction of sp³-hybridized carbons (Fsp3) is 0.222. The number of rotatable bonds is 8. The van der Waals surface area contributed by atoms with Crippen molar-refractivity contribution >= 4 is 56.2 Å². The molecule has 0 aliphatic heterocycles. The van der Waals surface area contributed by atoms with E-state index in [1.165, 1.54) is 30.3 Å². The lowest BCUT2D eigenvalue weighted by molar-refractivity contribution is -0.115. The van der Waals surface area contributed by atoms with Gasteiger partial charge in [0.15, 0.2) is 15.7 Å². The minimum Gasteiger partial charge on any atom is -0.334 e. The van der Waals surface area contributed by atoms with Crippen LogP contribution >= 0.6 is 34.8 Å². The Hall–Kier alpha value is -2.98. The molecule has 1 amide bonds. The Morgan fingerprint density at radius 2 is 1.69 bits per heavy atom. The van der Waals surface area contributed by atoms with Gasteiger partial charge in [0.05, 0.1) is 33.1 Å². The third kappa shape index (κ3) is 5.54. The van der Waals surface area contributed by atoms with Gasteiger partial charge >= 0.3 is 0 Å². The van der Waals surface area contributed by atoms with Gasteiger partial charge in [0.25, 0.3) is 5.89 Å². The lowest BCUT2D eigenvalue weighted by Crippen LogP contribution is -2.16. The molecule has 0 atom stereocenters. The van der Waals surface area contributed by atoms with Crippen LogP contribution in [0.5, 0.6) is 0 Å². The van der Waals surface area contributed by atoms with E-state index in [0.29, 0.717) is 51.1 Å². The summed E-state index contributed by atoms with van der Waals surface area (Å²) in [5, 5.41) is 7.72. The number of nitrogens with zero attached hydrogens (tertiary/aromatic N) is 2. The smallest absolute Gasteiger partial charge is 0.259 e. The van der Waals surface area contributed by atoms with Crippen LogP contribution in [0.2, 0.25) is 15.1 Å². The number of carbonyl (C=O) groups excluding carboxylic acids is 1. The molecule has 1 saturated carbocycles.